The summed E-state index contributed by atoms with van der Waals surface area (Å²) in [7, 11) is 3.30. The molecule has 0 aliphatic rings. The van der Waals surface area contributed by atoms with Crippen LogP contribution in [-0.2, 0) is 9.47 Å². The fraction of sp³-hybridized carbons (Fsp3) is 0.429. The minimum atomic E-state index is 0.549. The Kier molecular flexibility index (Phi) is 5.09. The number of methoxy groups -OCH3 is 2. The van der Waals surface area contributed by atoms with E-state index < -0.39 is 0 Å². The van der Waals surface area contributed by atoms with Crippen molar-refractivity contribution in [1.82, 2.24) is 9.38 Å². The lowest BCUT2D eigenvalue weighted by Crippen LogP contribution is -2.31. The molecular weight excluding hydrogens is 258 g/mol. The van der Waals surface area contributed by atoms with Crippen molar-refractivity contribution in [1.29, 1.82) is 0 Å². The standard InChI is InChI=1S/C14H19N3O3/c1-19-9-7-16(8-10-20-2)14-12(11-18)17-6-4-3-5-13(17)15-14/h3-6,11H,7-10H2,1-2H3. The van der Waals surface area contributed by atoms with Gasteiger partial charge in [-0.05, 0) is 12.1 Å². The van der Waals surface area contributed by atoms with E-state index in [-0.39, 0.29) is 0 Å². The third-order valence-electron chi connectivity index (χ3n) is 3.09. The van der Waals surface area contributed by atoms with Crippen molar-refractivity contribution in [3.63, 3.8) is 0 Å². The van der Waals surface area contributed by atoms with E-state index in [0.717, 1.165) is 11.9 Å². The zero-order valence-electron chi connectivity index (χ0n) is 11.8. The van der Waals surface area contributed by atoms with Gasteiger partial charge in [0, 0.05) is 33.5 Å². The molecule has 0 unspecified atom stereocenters. The van der Waals surface area contributed by atoms with Gasteiger partial charge in [-0.15, -0.1) is 0 Å². The predicted octanol–water partition coefficient (Wildman–Crippen LogP) is 1.25. The number of nitrogens with zero attached hydrogens (tertiary/aromatic N) is 3. The van der Waals surface area contributed by atoms with Gasteiger partial charge in [0.2, 0.25) is 0 Å². The molecule has 2 rings (SSSR count). The molecule has 0 bridgehead atoms. The minimum Gasteiger partial charge on any atom is -0.383 e. The zero-order chi connectivity index (χ0) is 14.4. The van der Waals surface area contributed by atoms with Crippen LogP contribution < -0.4 is 4.90 Å². The summed E-state index contributed by atoms with van der Waals surface area (Å²) in [6.07, 6.45) is 2.67. The maximum atomic E-state index is 11.4. The first-order valence-corrected chi connectivity index (χ1v) is 6.47. The molecule has 0 N–H and O–H groups in total. The molecule has 0 saturated heterocycles. The molecule has 0 aliphatic heterocycles. The van der Waals surface area contributed by atoms with Gasteiger partial charge in [-0.25, -0.2) is 4.98 Å². The second-order valence-electron chi connectivity index (χ2n) is 4.34. The van der Waals surface area contributed by atoms with Crippen LogP contribution in [0, 0.1) is 0 Å². The molecule has 6 nitrogen and oxygen atoms in total. The van der Waals surface area contributed by atoms with Gasteiger partial charge in [0.15, 0.2) is 12.1 Å². The number of pyridine rings is 1. The van der Waals surface area contributed by atoms with E-state index in [1.54, 1.807) is 18.6 Å². The average Bonchev–Trinajstić information content (AvgIpc) is 2.85. The summed E-state index contributed by atoms with van der Waals surface area (Å²) < 4.78 is 12.0. The lowest BCUT2D eigenvalue weighted by Gasteiger charge is -2.22. The minimum absolute atomic E-state index is 0.549. The summed E-state index contributed by atoms with van der Waals surface area (Å²) in [5, 5.41) is 0. The van der Waals surface area contributed by atoms with Gasteiger partial charge in [-0.3, -0.25) is 9.20 Å². The molecule has 0 aromatic carbocycles. The summed E-state index contributed by atoms with van der Waals surface area (Å²) in [4.78, 5) is 17.9. The van der Waals surface area contributed by atoms with Crippen LogP contribution in [0.15, 0.2) is 24.4 Å². The van der Waals surface area contributed by atoms with Gasteiger partial charge >= 0.3 is 0 Å². The summed E-state index contributed by atoms with van der Waals surface area (Å²) in [6.45, 7) is 2.45. The number of ether oxygens (including phenoxy) is 2. The number of aromatic nitrogens is 2. The van der Waals surface area contributed by atoms with E-state index in [2.05, 4.69) is 4.98 Å². The monoisotopic (exact) mass is 277 g/mol. The number of fused-ring (bicyclic) bond motifs is 1. The van der Waals surface area contributed by atoms with Crippen molar-refractivity contribution in [3.8, 4) is 0 Å². The molecule has 2 heterocycles. The number of carbonyl (C=O) groups excluding carboxylic acids is 1. The van der Waals surface area contributed by atoms with Gasteiger partial charge < -0.3 is 14.4 Å². The Hall–Kier alpha value is -1.92. The Morgan fingerprint density at radius 3 is 2.55 bits per heavy atom. The highest BCUT2D eigenvalue weighted by Crippen LogP contribution is 2.20. The average molecular weight is 277 g/mol. The van der Waals surface area contributed by atoms with E-state index in [9.17, 15) is 4.79 Å². The summed E-state index contributed by atoms with van der Waals surface area (Å²) in [6, 6.07) is 5.65. The molecule has 2 aromatic heterocycles. The third kappa shape index (κ3) is 2.97. The van der Waals surface area contributed by atoms with E-state index >= 15 is 0 Å². The van der Waals surface area contributed by atoms with Crippen molar-refractivity contribution in [2.75, 3.05) is 45.4 Å². The van der Waals surface area contributed by atoms with Crippen molar-refractivity contribution in [3.05, 3.63) is 30.1 Å². The quantitative estimate of drug-likeness (QED) is 0.680. The van der Waals surface area contributed by atoms with Crippen molar-refractivity contribution in [2.45, 2.75) is 0 Å². The predicted molar refractivity (Wildman–Crippen MR) is 76.5 cm³/mol. The summed E-state index contributed by atoms with van der Waals surface area (Å²) in [5.41, 5.74) is 1.30. The fourth-order valence-electron chi connectivity index (χ4n) is 2.07. The smallest absolute Gasteiger partial charge is 0.170 e. The molecule has 108 valence electrons. The molecule has 0 amide bonds. The number of aldehydes is 1. The van der Waals surface area contributed by atoms with Crippen LogP contribution in [0.4, 0.5) is 5.82 Å². The molecule has 6 heteroatoms. The van der Waals surface area contributed by atoms with Crippen LogP contribution in [-0.4, -0.2) is 56.2 Å². The molecule has 0 saturated carbocycles. The van der Waals surface area contributed by atoms with E-state index in [4.69, 9.17) is 9.47 Å². The van der Waals surface area contributed by atoms with Crippen LogP contribution in [0.2, 0.25) is 0 Å². The Morgan fingerprint density at radius 1 is 1.25 bits per heavy atom. The van der Waals surface area contributed by atoms with Gasteiger partial charge in [0.1, 0.15) is 11.3 Å². The van der Waals surface area contributed by atoms with Crippen molar-refractivity contribution < 1.29 is 14.3 Å². The van der Waals surface area contributed by atoms with Crippen molar-refractivity contribution in [2.24, 2.45) is 0 Å². The summed E-state index contributed by atoms with van der Waals surface area (Å²) >= 11 is 0. The van der Waals surface area contributed by atoms with Gasteiger partial charge in [-0.1, -0.05) is 6.07 Å². The molecular formula is C14H19N3O3. The molecule has 0 aliphatic carbocycles. The first kappa shape index (κ1) is 14.5. The van der Waals surface area contributed by atoms with E-state index in [0.29, 0.717) is 37.8 Å². The first-order chi connectivity index (χ1) is 9.81. The first-order valence-electron chi connectivity index (χ1n) is 6.47. The molecule has 0 spiro atoms. The Bertz CT molecular complexity index is 560. The molecule has 20 heavy (non-hydrogen) atoms. The molecule has 2 aromatic rings. The molecule has 0 atom stereocenters. The third-order valence-corrected chi connectivity index (χ3v) is 3.09. The molecule has 0 fully saturated rings. The largest absolute Gasteiger partial charge is 0.383 e. The number of rotatable bonds is 8. The van der Waals surface area contributed by atoms with E-state index in [1.165, 1.54) is 0 Å². The van der Waals surface area contributed by atoms with Crippen LogP contribution in [0.5, 0.6) is 0 Å². The van der Waals surface area contributed by atoms with Crippen molar-refractivity contribution >= 4 is 17.8 Å². The zero-order valence-corrected chi connectivity index (χ0v) is 11.8. The maximum Gasteiger partial charge on any atom is 0.170 e. The van der Waals surface area contributed by atoms with E-state index in [1.807, 2.05) is 29.3 Å². The van der Waals surface area contributed by atoms with Gasteiger partial charge in [0.25, 0.3) is 0 Å². The van der Waals surface area contributed by atoms with Crippen LogP contribution in [0.25, 0.3) is 5.65 Å². The maximum absolute atomic E-state index is 11.4. The second-order valence-corrected chi connectivity index (χ2v) is 4.34. The van der Waals surface area contributed by atoms with Crippen LogP contribution in [0.1, 0.15) is 10.5 Å². The highest BCUT2D eigenvalue weighted by molar-refractivity contribution is 5.83. The lowest BCUT2D eigenvalue weighted by atomic mass is 10.4. The Labute approximate surface area is 117 Å². The number of imidazole rings is 1. The number of hydrogen-bond donors (Lipinski definition) is 0. The second kappa shape index (κ2) is 7.02. The normalized spacial score (nSPS) is 10.9. The number of carbonyl (C=O) groups is 1. The highest BCUT2D eigenvalue weighted by atomic mass is 16.5. The Morgan fingerprint density at radius 2 is 1.95 bits per heavy atom. The number of anilines is 1. The fourth-order valence-corrected chi connectivity index (χ4v) is 2.07. The SMILES string of the molecule is COCCN(CCOC)c1nc2ccccn2c1C=O. The van der Waals surface area contributed by atoms with Crippen LogP contribution in [0.3, 0.4) is 0 Å². The summed E-state index contributed by atoms with van der Waals surface area (Å²) in [5.74, 6) is 0.667. The topological polar surface area (TPSA) is 56.1 Å². The molecule has 0 radical (unpaired) electrons. The van der Waals surface area contributed by atoms with Gasteiger partial charge in [-0.2, -0.15) is 0 Å². The van der Waals surface area contributed by atoms with Gasteiger partial charge in [0.05, 0.1) is 13.2 Å². The lowest BCUT2D eigenvalue weighted by molar-refractivity contribution is 0.111. The highest BCUT2D eigenvalue weighted by Gasteiger charge is 2.17. The van der Waals surface area contributed by atoms with Crippen LogP contribution >= 0.6 is 0 Å². The Balaban J connectivity index is 2.37. The number of hydrogen-bond acceptors (Lipinski definition) is 5.